The minimum Gasteiger partial charge on any atom is -0.489 e. The van der Waals surface area contributed by atoms with Gasteiger partial charge in [-0.1, -0.05) is 25.6 Å². The van der Waals surface area contributed by atoms with E-state index in [0.29, 0.717) is 6.61 Å². The second kappa shape index (κ2) is 5.92. The van der Waals surface area contributed by atoms with Crippen molar-refractivity contribution in [2.24, 2.45) is 0 Å². The first-order chi connectivity index (χ1) is 9.94. The third-order valence-electron chi connectivity index (χ3n) is 4.07. The molecule has 0 bridgehead atoms. The number of carbonyl (C=O) groups excluding carboxylic acids is 1. The summed E-state index contributed by atoms with van der Waals surface area (Å²) in [7, 11) is 1.46. The van der Waals surface area contributed by atoms with Gasteiger partial charge in [-0.2, -0.15) is 0 Å². The van der Waals surface area contributed by atoms with Gasteiger partial charge < -0.3 is 9.47 Å². The van der Waals surface area contributed by atoms with E-state index in [-0.39, 0.29) is 5.97 Å². The number of aryl methyl sites for hydroxylation is 2. The Balaban J connectivity index is 2.37. The lowest BCUT2D eigenvalue weighted by molar-refractivity contribution is -0.143. The third kappa shape index (κ3) is 2.97. The van der Waals surface area contributed by atoms with Gasteiger partial charge in [0.2, 0.25) is 0 Å². The Bertz CT molecular complexity index is 568. The van der Waals surface area contributed by atoms with Crippen LogP contribution < -0.4 is 4.74 Å². The van der Waals surface area contributed by atoms with Crippen LogP contribution >= 0.6 is 0 Å². The van der Waals surface area contributed by atoms with Crippen LogP contribution in [-0.2, 0) is 21.4 Å². The Morgan fingerprint density at radius 1 is 1.38 bits per heavy atom. The lowest BCUT2D eigenvalue weighted by Crippen LogP contribution is -2.22. The van der Waals surface area contributed by atoms with Crippen LogP contribution in [0.3, 0.4) is 0 Å². The van der Waals surface area contributed by atoms with E-state index in [1.807, 2.05) is 13.8 Å². The van der Waals surface area contributed by atoms with Gasteiger partial charge in [-0.3, -0.25) is 4.79 Å². The number of hydrogen-bond donors (Lipinski definition) is 0. The van der Waals surface area contributed by atoms with Crippen LogP contribution in [0.15, 0.2) is 24.3 Å². The number of rotatable bonds is 6. The van der Waals surface area contributed by atoms with Gasteiger partial charge in [-0.25, -0.2) is 0 Å². The average Bonchev–Trinajstić information content (AvgIpc) is 3.25. The maximum Gasteiger partial charge on any atom is 0.316 e. The van der Waals surface area contributed by atoms with Crippen LogP contribution in [0.1, 0.15) is 43.4 Å². The second-order valence-corrected chi connectivity index (χ2v) is 5.95. The molecule has 0 atom stereocenters. The summed E-state index contributed by atoms with van der Waals surface area (Å²) < 4.78 is 10.9. The van der Waals surface area contributed by atoms with Crippen molar-refractivity contribution in [1.29, 1.82) is 0 Å². The minimum atomic E-state index is -0.420. The summed E-state index contributed by atoms with van der Waals surface area (Å²) in [4.78, 5) is 12.0. The highest BCUT2D eigenvalue weighted by Gasteiger charge is 2.52. The van der Waals surface area contributed by atoms with E-state index < -0.39 is 5.41 Å². The van der Waals surface area contributed by atoms with Crippen molar-refractivity contribution in [3.05, 3.63) is 41.0 Å². The smallest absolute Gasteiger partial charge is 0.316 e. The van der Waals surface area contributed by atoms with Crippen molar-refractivity contribution in [2.45, 2.75) is 45.4 Å². The zero-order valence-corrected chi connectivity index (χ0v) is 13.4. The lowest BCUT2D eigenvalue weighted by atomic mass is 9.91. The van der Waals surface area contributed by atoms with E-state index in [4.69, 9.17) is 9.47 Å². The van der Waals surface area contributed by atoms with Gasteiger partial charge in [0.1, 0.15) is 12.4 Å². The van der Waals surface area contributed by atoms with Crippen LogP contribution in [0.4, 0.5) is 0 Å². The molecule has 114 valence electrons. The van der Waals surface area contributed by atoms with Crippen molar-refractivity contribution < 1.29 is 14.3 Å². The molecule has 0 unspecified atom stereocenters. The number of esters is 1. The highest BCUT2D eigenvalue weighted by Crippen LogP contribution is 2.50. The molecular weight excluding hydrogens is 264 g/mol. The SMILES string of the molecule is C=C(C)COc1c(C)cc(C2(C(=O)OC)CC2)cc1CC. The van der Waals surface area contributed by atoms with Gasteiger partial charge in [-0.05, 0) is 55.4 Å². The Kier molecular flexibility index (Phi) is 4.40. The van der Waals surface area contributed by atoms with Crippen LogP contribution in [-0.4, -0.2) is 19.7 Å². The van der Waals surface area contributed by atoms with Crippen molar-refractivity contribution in [1.82, 2.24) is 0 Å². The molecule has 0 heterocycles. The van der Waals surface area contributed by atoms with E-state index in [1.54, 1.807) is 0 Å². The van der Waals surface area contributed by atoms with Gasteiger partial charge in [-0.15, -0.1) is 0 Å². The number of benzene rings is 1. The summed E-state index contributed by atoms with van der Waals surface area (Å²) in [6.45, 7) is 10.5. The van der Waals surface area contributed by atoms with Gasteiger partial charge in [0.15, 0.2) is 0 Å². The molecular formula is C18H24O3. The van der Waals surface area contributed by atoms with Crippen LogP contribution in [0.2, 0.25) is 0 Å². The zero-order valence-electron chi connectivity index (χ0n) is 13.4. The van der Waals surface area contributed by atoms with Crippen molar-refractivity contribution in [3.8, 4) is 5.75 Å². The van der Waals surface area contributed by atoms with Crippen molar-refractivity contribution in [3.63, 3.8) is 0 Å². The van der Waals surface area contributed by atoms with Gasteiger partial charge >= 0.3 is 5.97 Å². The molecule has 0 radical (unpaired) electrons. The first kappa shape index (κ1) is 15.6. The molecule has 0 N–H and O–H groups in total. The maximum absolute atomic E-state index is 12.0. The zero-order chi connectivity index (χ0) is 15.6. The highest BCUT2D eigenvalue weighted by atomic mass is 16.5. The summed E-state index contributed by atoms with van der Waals surface area (Å²) in [6.07, 6.45) is 2.61. The molecule has 1 fully saturated rings. The largest absolute Gasteiger partial charge is 0.489 e. The predicted molar refractivity (Wildman–Crippen MR) is 83.8 cm³/mol. The molecule has 3 nitrogen and oxygen atoms in total. The number of ether oxygens (including phenoxy) is 2. The Morgan fingerprint density at radius 2 is 2.05 bits per heavy atom. The van der Waals surface area contributed by atoms with Crippen molar-refractivity contribution in [2.75, 3.05) is 13.7 Å². The summed E-state index contributed by atoms with van der Waals surface area (Å²) in [6, 6.07) is 4.17. The number of methoxy groups -OCH3 is 1. The molecule has 2 rings (SSSR count). The first-order valence-electron chi connectivity index (χ1n) is 7.44. The number of hydrogen-bond acceptors (Lipinski definition) is 3. The monoisotopic (exact) mass is 288 g/mol. The van der Waals surface area contributed by atoms with Gasteiger partial charge in [0.05, 0.1) is 12.5 Å². The topological polar surface area (TPSA) is 35.5 Å². The van der Waals surface area contributed by atoms with Gasteiger partial charge in [0, 0.05) is 0 Å². The van der Waals surface area contributed by atoms with E-state index in [2.05, 4.69) is 25.6 Å². The fourth-order valence-electron chi connectivity index (χ4n) is 2.72. The summed E-state index contributed by atoms with van der Waals surface area (Å²) in [5.74, 6) is 0.796. The Hall–Kier alpha value is -1.77. The highest BCUT2D eigenvalue weighted by molar-refractivity contribution is 5.86. The minimum absolute atomic E-state index is 0.125. The van der Waals surface area contributed by atoms with E-state index in [9.17, 15) is 4.79 Å². The maximum atomic E-state index is 12.0. The molecule has 0 saturated heterocycles. The standard InChI is InChI=1S/C18H24O3/c1-6-14-10-15(18(7-8-18)17(19)20-5)9-13(4)16(14)21-11-12(2)3/h9-10H,2,6-8,11H2,1,3-5H3. The average molecular weight is 288 g/mol. The molecule has 1 aliphatic rings. The molecule has 0 spiro atoms. The molecule has 0 aromatic heterocycles. The lowest BCUT2D eigenvalue weighted by Gasteiger charge is -2.19. The quantitative estimate of drug-likeness (QED) is 0.591. The molecule has 1 saturated carbocycles. The molecule has 1 aliphatic carbocycles. The van der Waals surface area contributed by atoms with Crippen molar-refractivity contribution >= 4 is 5.97 Å². The van der Waals surface area contributed by atoms with E-state index >= 15 is 0 Å². The fourth-order valence-corrected chi connectivity index (χ4v) is 2.72. The van der Waals surface area contributed by atoms with Gasteiger partial charge in [0.25, 0.3) is 0 Å². The summed E-state index contributed by atoms with van der Waals surface area (Å²) in [5, 5.41) is 0. The predicted octanol–water partition coefficient (Wildman–Crippen LogP) is 3.72. The summed E-state index contributed by atoms with van der Waals surface area (Å²) in [5.41, 5.74) is 3.85. The Labute approximate surface area is 127 Å². The van der Waals surface area contributed by atoms with Crippen LogP contribution in [0.25, 0.3) is 0 Å². The van der Waals surface area contributed by atoms with Crippen LogP contribution in [0.5, 0.6) is 5.75 Å². The Morgan fingerprint density at radius 3 is 2.52 bits per heavy atom. The van der Waals surface area contributed by atoms with E-state index in [1.165, 1.54) is 7.11 Å². The molecule has 1 aromatic rings. The number of carbonyl (C=O) groups is 1. The summed E-state index contributed by atoms with van der Waals surface area (Å²) >= 11 is 0. The molecule has 1 aromatic carbocycles. The van der Waals surface area contributed by atoms with Crippen LogP contribution in [0, 0.1) is 6.92 Å². The molecule has 21 heavy (non-hydrogen) atoms. The molecule has 0 aliphatic heterocycles. The van der Waals surface area contributed by atoms with E-state index in [0.717, 1.165) is 47.3 Å². The molecule has 3 heteroatoms. The fraction of sp³-hybridized carbons (Fsp3) is 0.500. The second-order valence-electron chi connectivity index (χ2n) is 5.95. The molecule has 0 amide bonds. The first-order valence-corrected chi connectivity index (χ1v) is 7.44. The normalized spacial score (nSPS) is 15.4. The third-order valence-corrected chi connectivity index (χ3v) is 4.07.